The second kappa shape index (κ2) is 5.97. The van der Waals surface area contributed by atoms with Gasteiger partial charge in [0.1, 0.15) is 0 Å². The molecule has 15 heavy (non-hydrogen) atoms. The van der Waals surface area contributed by atoms with Gasteiger partial charge in [-0.25, -0.2) is 0 Å². The summed E-state index contributed by atoms with van der Waals surface area (Å²) in [4.78, 5) is 0. The van der Waals surface area contributed by atoms with Crippen molar-refractivity contribution in [3.05, 3.63) is 46.5 Å². The monoisotopic (exact) mass is 222 g/mol. The molecule has 1 aromatic rings. The first-order chi connectivity index (χ1) is 7.11. The average molecular weight is 223 g/mol. The molecule has 0 unspecified atom stereocenters. The fraction of sp³-hybridized carbons (Fsp3) is 0.429. The maximum Gasteiger partial charge on any atom is 0.0258 e. The third-order valence-electron chi connectivity index (χ3n) is 2.37. The summed E-state index contributed by atoms with van der Waals surface area (Å²) in [5.41, 5.74) is 5.49. The van der Waals surface area contributed by atoms with E-state index in [0.29, 0.717) is 5.88 Å². The molecule has 0 radical (unpaired) electrons. The van der Waals surface area contributed by atoms with E-state index in [1.807, 2.05) is 0 Å². The van der Waals surface area contributed by atoms with Crippen LogP contribution in [-0.2, 0) is 6.42 Å². The van der Waals surface area contributed by atoms with Crippen molar-refractivity contribution in [2.24, 2.45) is 0 Å². The van der Waals surface area contributed by atoms with Crippen molar-refractivity contribution in [3.8, 4) is 0 Å². The van der Waals surface area contributed by atoms with Crippen LogP contribution in [0.3, 0.4) is 0 Å². The molecule has 0 bridgehead atoms. The van der Waals surface area contributed by atoms with Crippen molar-refractivity contribution in [1.29, 1.82) is 0 Å². The summed E-state index contributed by atoms with van der Waals surface area (Å²) in [6.07, 6.45) is 4.24. The van der Waals surface area contributed by atoms with Gasteiger partial charge in [0.25, 0.3) is 0 Å². The first-order valence-corrected chi connectivity index (χ1v) is 5.94. The summed E-state index contributed by atoms with van der Waals surface area (Å²) >= 11 is 5.65. The Kier molecular flexibility index (Phi) is 4.90. The van der Waals surface area contributed by atoms with Crippen LogP contribution in [0.5, 0.6) is 0 Å². The molecule has 0 heterocycles. The summed E-state index contributed by atoms with van der Waals surface area (Å²) < 4.78 is 0. The maximum atomic E-state index is 5.65. The minimum Gasteiger partial charge on any atom is -0.126 e. The Bertz CT molecular complexity index is 330. The Morgan fingerprint density at radius 2 is 1.80 bits per heavy atom. The minimum atomic E-state index is 0.712. The molecule has 0 N–H and O–H groups in total. The number of aryl methyl sites for hydroxylation is 2. The SMILES string of the molecule is CC(=CCCCl)Cc1cc(C)cc(C)c1. The van der Waals surface area contributed by atoms with Gasteiger partial charge in [0.05, 0.1) is 0 Å². The van der Waals surface area contributed by atoms with E-state index in [-0.39, 0.29) is 0 Å². The van der Waals surface area contributed by atoms with E-state index in [2.05, 4.69) is 45.0 Å². The van der Waals surface area contributed by atoms with Crippen LogP contribution in [0, 0.1) is 13.8 Å². The number of hydrogen-bond donors (Lipinski definition) is 0. The van der Waals surface area contributed by atoms with Gasteiger partial charge in [0.15, 0.2) is 0 Å². The van der Waals surface area contributed by atoms with E-state index in [4.69, 9.17) is 11.6 Å². The van der Waals surface area contributed by atoms with Crippen LogP contribution in [-0.4, -0.2) is 5.88 Å². The van der Waals surface area contributed by atoms with Gasteiger partial charge in [-0.1, -0.05) is 41.0 Å². The zero-order chi connectivity index (χ0) is 11.3. The fourth-order valence-electron chi connectivity index (χ4n) is 1.87. The predicted octanol–water partition coefficient (Wildman–Crippen LogP) is 4.42. The molecule has 0 saturated carbocycles. The van der Waals surface area contributed by atoms with Gasteiger partial charge in [-0.3, -0.25) is 0 Å². The predicted molar refractivity (Wildman–Crippen MR) is 68.7 cm³/mol. The van der Waals surface area contributed by atoms with Crippen molar-refractivity contribution in [2.45, 2.75) is 33.6 Å². The van der Waals surface area contributed by atoms with E-state index in [1.165, 1.54) is 22.3 Å². The second-order valence-corrected chi connectivity index (χ2v) is 4.58. The molecule has 0 atom stereocenters. The molecular formula is C14H19Cl. The molecule has 1 aromatic carbocycles. The van der Waals surface area contributed by atoms with Gasteiger partial charge in [-0.2, -0.15) is 0 Å². The molecule has 0 amide bonds. The highest BCUT2D eigenvalue weighted by Gasteiger charge is 1.97. The van der Waals surface area contributed by atoms with Gasteiger partial charge < -0.3 is 0 Å². The highest BCUT2D eigenvalue weighted by atomic mass is 35.5. The number of alkyl halides is 1. The minimum absolute atomic E-state index is 0.712. The van der Waals surface area contributed by atoms with Crippen molar-refractivity contribution < 1.29 is 0 Å². The number of halogens is 1. The van der Waals surface area contributed by atoms with Gasteiger partial charge in [-0.15, -0.1) is 11.6 Å². The Morgan fingerprint density at radius 3 is 2.33 bits per heavy atom. The number of hydrogen-bond acceptors (Lipinski definition) is 0. The van der Waals surface area contributed by atoms with E-state index in [0.717, 1.165) is 12.8 Å². The number of allylic oxidation sites excluding steroid dienone is 2. The molecule has 0 aliphatic carbocycles. The Morgan fingerprint density at radius 1 is 1.20 bits per heavy atom. The van der Waals surface area contributed by atoms with Gasteiger partial charge >= 0.3 is 0 Å². The third-order valence-corrected chi connectivity index (χ3v) is 2.58. The summed E-state index contributed by atoms with van der Waals surface area (Å²) in [7, 11) is 0. The molecule has 0 aromatic heterocycles. The van der Waals surface area contributed by atoms with Gasteiger partial charge in [0, 0.05) is 5.88 Å². The van der Waals surface area contributed by atoms with Crippen LogP contribution < -0.4 is 0 Å². The molecule has 1 heteroatoms. The maximum absolute atomic E-state index is 5.65. The molecule has 0 spiro atoms. The quantitative estimate of drug-likeness (QED) is 0.523. The van der Waals surface area contributed by atoms with Crippen molar-refractivity contribution >= 4 is 11.6 Å². The van der Waals surface area contributed by atoms with Crippen molar-refractivity contribution in [1.82, 2.24) is 0 Å². The van der Waals surface area contributed by atoms with Crippen molar-refractivity contribution in [2.75, 3.05) is 5.88 Å². The molecule has 0 aliphatic rings. The lowest BCUT2D eigenvalue weighted by Crippen LogP contribution is -1.90. The second-order valence-electron chi connectivity index (χ2n) is 4.20. The molecule has 0 aliphatic heterocycles. The fourth-order valence-corrected chi connectivity index (χ4v) is 1.98. The number of rotatable bonds is 4. The lowest BCUT2D eigenvalue weighted by Gasteiger charge is -2.05. The van der Waals surface area contributed by atoms with Crippen LogP contribution >= 0.6 is 11.6 Å². The molecule has 0 fully saturated rings. The first-order valence-electron chi connectivity index (χ1n) is 5.40. The molecule has 0 saturated heterocycles. The zero-order valence-electron chi connectivity index (χ0n) is 9.81. The normalized spacial score (nSPS) is 11.9. The largest absolute Gasteiger partial charge is 0.126 e. The Balaban J connectivity index is 2.72. The Hall–Kier alpha value is -0.750. The smallest absolute Gasteiger partial charge is 0.0258 e. The summed E-state index contributed by atoms with van der Waals surface area (Å²) in [6.45, 7) is 6.47. The van der Waals surface area contributed by atoms with Crippen LogP contribution in [0.4, 0.5) is 0 Å². The standard InChI is InChI=1S/C14H19Cl/c1-11(5-4-6-15)8-14-9-12(2)7-13(3)10-14/h5,7,9-10H,4,6,8H2,1-3H3. The summed E-state index contributed by atoms with van der Waals surface area (Å²) in [6, 6.07) is 6.72. The van der Waals surface area contributed by atoms with E-state index in [1.54, 1.807) is 0 Å². The van der Waals surface area contributed by atoms with Crippen LogP contribution in [0.15, 0.2) is 29.8 Å². The van der Waals surface area contributed by atoms with Gasteiger partial charge in [0.2, 0.25) is 0 Å². The molecule has 1 rings (SSSR count). The number of benzene rings is 1. The van der Waals surface area contributed by atoms with Crippen LogP contribution in [0.25, 0.3) is 0 Å². The van der Waals surface area contributed by atoms with E-state index in [9.17, 15) is 0 Å². The molecule has 82 valence electrons. The third kappa shape index (κ3) is 4.53. The van der Waals surface area contributed by atoms with Crippen molar-refractivity contribution in [3.63, 3.8) is 0 Å². The highest BCUT2D eigenvalue weighted by molar-refractivity contribution is 6.17. The average Bonchev–Trinajstić information content (AvgIpc) is 2.13. The Labute approximate surface area is 98.0 Å². The first kappa shape index (κ1) is 12.3. The van der Waals surface area contributed by atoms with Crippen LogP contribution in [0.2, 0.25) is 0 Å². The summed E-state index contributed by atoms with van der Waals surface area (Å²) in [5, 5.41) is 0. The lowest BCUT2D eigenvalue weighted by atomic mass is 10.0. The zero-order valence-corrected chi connectivity index (χ0v) is 10.6. The molecular weight excluding hydrogens is 204 g/mol. The highest BCUT2D eigenvalue weighted by Crippen LogP contribution is 2.13. The van der Waals surface area contributed by atoms with E-state index < -0.39 is 0 Å². The summed E-state index contributed by atoms with van der Waals surface area (Å²) in [5.74, 6) is 0.712. The van der Waals surface area contributed by atoms with Crippen LogP contribution in [0.1, 0.15) is 30.0 Å². The lowest BCUT2D eigenvalue weighted by molar-refractivity contribution is 1.08. The van der Waals surface area contributed by atoms with E-state index >= 15 is 0 Å². The topological polar surface area (TPSA) is 0 Å². The molecule has 0 nitrogen and oxygen atoms in total. The van der Waals surface area contributed by atoms with Gasteiger partial charge in [-0.05, 0) is 39.2 Å².